The molecule has 0 aliphatic heterocycles. The SMILES string of the molecule is CCn1c(C)c(-c2nc(C3CC3)no2)c(S(=O)(=O)N[C@H](C)c2ccccc2)c1C. The van der Waals surface area contributed by atoms with Gasteiger partial charge < -0.3 is 9.09 Å². The Bertz CT molecular complexity index is 1130. The maximum absolute atomic E-state index is 13.5. The van der Waals surface area contributed by atoms with Crippen LogP contribution in [0.3, 0.4) is 0 Å². The first-order valence-electron chi connectivity index (χ1n) is 9.94. The minimum atomic E-state index is -3.82. The van der Waals surface area contributed by atoms with Crippen LogP contribution in [0.2, 0.25) is 0 Å². The Balaban J connectivity index is 1.79. The van der Waals surface area contributed by atoms with Crippen LogP contribution in [0.5, 0.6) is 0 Å². The number of nitrogens with zero attached hydrogens (tertiary/aromatic N) is 3. The minimum Gasteiger partial charge on any atom is -0.347 e. The smallest absolute Gasteiger partial charge is 0.261 e. The van der Waals surface area contributed by atoms with Gasteiger partial charge >= 0.3 is 0 Å². The second-order valence-corrected chi connectivity index (χ2v) is 9.26. The average Bonchev–Trinajstić information content (AvgIpc) is 3.37. The van der Waals surface area contributed by atoms with Crippen LogP contribution in [0.1, 0.15) is 61.4 Å². The van der Waals surface area contributed by atoms with E-state index in [0.717, 1.165) is 24.1 Å². The van der Waals surface area contributed by atoms with Crippen LogP contribution in [0.4, 0.5) is 0 Å². The maximum atomic E-state index is 13.5. The Morgan fingerprint density at radius 2 is 1.90 bits per heavy atom. The van der Waals surface area contributed by atoms with Crippen LogP contribution in [0.25, 0.3) is 11.5 Å². The fourth-order valence-corrected chi connectivity index (χ4v) is 5.58. The van der Waals surface area contributed by atoms with E-state index in [9.17, 15) is 8.42 Å². The van der Waals surface area contributed by atoms with E-state index in [4.69, 9.17) is 4.52 Å². The van der Waals surface area contributed by atoms with Crippen LogP contribution in [0, 0.1) is 13.8 Å². The van der Waals surface area contributed by atoms with Crippen molar-refractivity contribution in [3.63, 3.8) is 0 Å². The molecule has 4 rings (SSSR count). The van der Waals surface area contributed by atoms with Gasteiger partial charge in [-0.3, -0.25) is 0 Å². The standard InChI is InChI=1S/C21H26N4O3S/c1-5-25-14(3)18(21-22-20(23-28-21)17-11-12-17)19(15(25)4)29(26,27)24-13(2)16-9-7-6-8-10-16/h6-10,13,17,24H,5,11-12H2,1-4H3/t13-/m1/s1. The number of aromatic nitrogens is 3. The highest BCUT2D eigenvalue weighted by atomic mass is 32.2. The monoisotopic (exact) mass is 414 g/mol. The Hall–Kier alpha value is -2.45. The first kappa shape index (κ1) is 19.8. The molecule has 154 valence electrons. The van der Waals surface area contributed by atoms with Crippen molar-refractivity contribution in [1.29, 1.82) is 0 Å². The predicted octanol–water partition coefficient (Wildman–Crippen LogP) is 4.09. The molecule has 8 heteroatoms. The number of hydrogen-bond acceptors (Lipinski definition) is 5. The highest BCUT2D eigenvalue weighted by molar-refractivity contribution is 7.89. The quantitative estimate of drug-likeness (QED) is 0.629. The first-order chi connectivity index (χ1) is 13.8. The summed E-state index contributed by atoms with van der Waals surface area (Å²) in [6.45, 7) is 8.19. The molecule has 2 heterocycles. The van der Waals surface area contributed by atoms with E-state index in [-0.39, 0.29) is 16.8 Å². The lowest BCUT2D eigenvalue weighted by atomic mass is 10.1. The average molecular weight is 415 g/mol. The Labute approximate surface area is 171 Å². The summed E-state index contributed by atoms with van der Waals surface area (Å²) in [6, 6.07) is 9.14. The van der Waals surface area contributed by atoms with Crippen molar-refractivity contribution < 1.29 is 12.9 Å². The van der Waals surface area contributed by atoms with E-state index < -0.39 is 10.0 Å². The van der Waals surface area contributed by atoms with Crippen molar-refractivity contribution in [2.45, 2.75) is 63.9 Å². The molecule has 1 N–H and O–H groups in total. The summed E-state index contributed by atoms with van der Waals surface area (Å²) >= 11 is 0. The van der Waals surface area contributed by atoms with Crippen LogP contribution in [-0.4, -0.2) is 23.1 Å². The Morgan fingerprint density at radius 1 is 1.21 bits per heavy atom. The molecule has 1 fully saturated rings. The van der Waals surface area contributed by atoms with Gasteiger partial charge in [-0.05, 0) is 46.1 Å². The molecular formula is C21H26N4O3S. The molecule has 29 heavy (non-hydrogen) atoms. The molecule has 2 aromatic heterocycles. The molecule has 0 saturated heterocycles. The molecule has 0 unspecified atom stereocenters. The van der Waals surface area contributed by atoms with E-state index in [1.54, 1.807) is 0 Å². The summed E-state index contributed by atoms with van der Waals surface area (Å²) in [7, 11) is -3.82. The van der Waals surface area contributed by atoms with Gasteiger partial charge in [0.1, 0.15) is 4.90 Å². The predicted molar refractivity (Wildman–Crippen MR) is 110 cm³/mol. The topological polar surface area (TPSA) is 90.0 Å². The molecule has 1 aromatic carbocycles. The van der Waals surface area contributed by atoms with Crippen molar-refractivity contribution in [2.24, 2.45) is 0 Å². The molecule has 0 spiro atoms. The number of nitrogens with one attached hydrogen (secondary N) is 1. The van der Waals surface area contributed by atoms with Gasteiger partial charge in [0.05, 0.1) is 5.56 Å². The largest absolute Gasteiger partial charge is 0.347 e. The Morgan fingerprint density at radius 3 is 2.52 bits per heavy atom. The Kier molecular flexibility index (Phi) is 5.08. The molecule has 1 saturated carbocycles. The lowest BCUT2D eigenvalue weighted by Crippen LogP contribution is -2.27. The van der Waals surface area contributed by atoms with Crippen LogP contribution < -0.4 is 4.72 Å². The zero-order valence-corrected chi connectivity index (χ0v) is 18.0. The second kappa shape index (κ2) is 7.42. The van der Waals surface area contributed by atoms with E-state index >= 15 is 0 Å². The highest BCUT2D eigenvalue weighted by Crippen LogP contribution is 2.41. The number of hydrogen-bond donors (Lipinski definition) is 1. The number of rotatable bonds is 7. The third-order valence-electron chi connectivity index (χ3n) is 5.54. The van der Waals surface area contributed by atoms with Gasteiger partial charge in [0.15, 0.2) is 5.82 Å². The first-order valence-corrected chi connectivity index (χ1v) is 11.4. The summed E-state index contributed by atoms with van der Waals surface area (Å²) in [6.07, 6.45) is 2.10. The molecule has 3 aromatic rings. The van der Waals surface area contributed by atoms with Crippen molar-refractivity contribution in [3.8, 4) is 11.5 Å². The summed E-state index contributed by atoms with van der Waals surface area (Å²) in [4.78, 5) is 4.73. The van der Waals surface area contributed by atoms with Gasteiger partial charge in [0.2, 0.25) is 10.0 Å². The van der Waals surface area contributed by atoms with Crippen molar-refractivity contribution in [3.05, 3.63) is 53.1 Å². The third kappa shape index (κ3) is 3.62. The molecule has 1 aliphatic carbocycles. The molecule has 0 amide bonds. The summed E-state index contributed by atoms with van der Waals surface area (Å²) in [5, 5.41) is 4.08. The summed E-state index contributed by atoms with van der Waals surface area (Å²) in [5.74, 6) is 1.26. The fraction of sp³-hybridized carbons (Fsp3) is 0.429. The zero-order valence-electron chi connectivity index (χ0n) is 17.1. The number of sulfonamides is 1. The summed E-state index contributed by atoms with van der Waals surface area (Å²) < 4.78 is 37.2. The van der Waals surface area contributed by atoms with Gasteiger partial charge in [-0.1, -0.05) is 35.5 Å². The van der Waals surface area contributed by atoms with E-state index in [1.807, 2.05) is 62.6 Å². The van der Waals surface area contributed by atoms with Crippen LogP contribution >= 0.6 is 0 Å². The molecule has 7 nitrogen and oxygen atoms in total. The van der Waals surface area contributed by atoms with E-state index in [2.05, 4.69) is 14.9 Å². The second-order valence-electron chi connectivity index (χ2n) is 7.60. The summed E-state index contributed by atoms with van der Waals surface area (Å²) in [5.41, 5.74) is 2.87. The van der Waals surface area contributed by atoms with Crippen molar-refractivity contribution in [1.82, 2.24) is 19.4 Å². The highest BCUT2D eigenvalue weighted by Gasteiger charge is 2.34. The van der Waals surface area contributed by atoms with Gasteiger partial charge in [-0.2, -0.15) is 4.98 Å². The van der Waals surface area contributed by atoms with Gasteiger partial charge in [-0.25, -0.2) is 13.1 Å². The molecule has 1 aliphatic rings. The van der Waals surface area contributed by atoms with Crippen LogP contribution in [-0.2, 0) is 16.6 Å². The van der Waals surface area contributed by atoms with Gasteiger partial charge in [-0.15, -0.1) is 0 Å². The molecular weight excluding hydrogens is 388 g/mol. The van der Waals surface area contributed by atoms with Crippen LogP contribution in [0.15, 0.2) is 39.8 Å². The number of benzene rings is 1. The normalized spacial score (nSPS) is 15.6. The fourth-order valence-electron chi connectivity index (χ4n) is 3.85. The lowest BCUT2D eigenvalue weighted by Gasteiger charge is -2.15. The molecule has 0 bridgehead atoms. The molecule has 0 radical (unpaired) electrons. The maximum Gasteiger partial charge on any atom is 0.261 e. The van der Waals surface area contributed by atoms with Crippen molar-refractivity contribution in [2.75, 3.05) is 0 Å². The lowest BCUT2D eigenvalue weighted by molar-refractivity contribution is 0.421. The van der Waals surface area contributed by atoms with Gasteiger partial charge in [0, 0.05) is 29.9 Å². The van der Waals surface area contributed by atoms with Crippen molar-refractivity contribution >= 4 is 10.0 Å². The molecule has 1 atom stereocenters. The third-order valence-corrected chi connectivity index (χ3v) is 7.24. The van der Waals surface area contributed by atoms with E-state index in [1.165, 1.54) is 0 Å². The van der Waals surface area contributed by atoms with Gasteiger partial charge in [0.25, 0.3) is 5.89 Å². The zero-order chi connectivity index (χ0) is 20.8. The minimum absolute atomic E-state index is 0.214. The van der Waals surface area contributed by atoms with E-state index in [0.29, 0.717) is 29.5 Å².